The molecule has 2 aliphatic rings. The molecule has 2 N–H and O–H groups in total. The summed E-state index contributed by atoms with van der Waals surface area (Å²) in [6, 6.07) is 6.28. The number of hydrogen-bond donors (Lipinski definition) is 2. The zero-order chi connectivity index (χ0) is 19.3. The summed E-state index contributed by atoms with van der Waals surface area (Å²) in [6.45, 7) is 7.20. The largest absolute Gasteiger partial charge is 0.481 e. The molecule has 1 aromatic carbocycles. The van der Waals surface area contributed by atoms with Crippen molar-refractivity contribution in [1.82, 2.24) is 4.98 Å². The van der Waals surface area contributed by atoms with Crippen molar-refractivity contribution >= 4 is 22.7 Å². The van der Waals surface area contributed by atoms with Gasteiger partial charge in [0.25, 0.3) is 0 Å². The number of aliphatic hydroxyl groups is 1. The number of aliphatic hydroxyl groups excluding tert-OH is 1. The van der Waals surface area contributed by atoms with Crippen LogP contribution in [0.15, 0.2) is 18.2 Å². The fourth-order valence-electron chi connectivity index (χ4n) is 4.45. The Morgan fingerprint density at radius 3 is 2.63 bits per heavy atom. The van der Waals surface area contributed by atoms with Crippen LogP contribution in [-0.2, 0) is 4.79 Å². The zero-order valence-electron chi connectivity index (χ0n) is 16.3. The molecule has 2 atom stereocenters. The zero-order valence-corrected chi connectivity index (χ0v) is 16.3. The number of aromatic nitrogens is 1. The van der Waals surface area contributed by atoms with Crippen LogP contribution in [-0.4, -0.2) is 40.4 Å². The first kappa shape index (κ1) is 18.2. The standard InChI is InChI=1S/C22H28N2O3/c1-13-4-7-17-14(2)10-19(23-20(17)15(13)3)24-9-8-18(25)22(12-24,21(26)27)11-16-5-6-16/h4,7,10,16,18,25H,5-6,8-9,11-12H2,1-3H3,(H,26,27)/t18-,22-/m0/s1. The number of aliphatic carboxylic acids is 1. The molecule has 0 amide bonds. The Morgan fingerprint density at radius 2 is 1.96 bits per heavy atom. The Hall–Kier alpha value is -2.14. The Labute approximate surface area is 160 Å². The molecule has 0 radical (unpaired) electrons. The number of carboxylic acid groups (broad SMARTS) is 1. The molecular weight excluding hydrogens is 340 g/mol. The summed E-state index contributed by atoms with van der Waals surface area (Å²) in [7, 11) is 0. The molecule has 5 nitrogen and oxygen atoms in total. The molecule has 1 aromatic heterocycles. The molecule has 1 aliphatic heterocycles. The maximum absolute atomic E-state index is 12.2. The Kier molecular flexibility index (Phi) is 4.38. The molecule has 1 saturated carbocycles. The van der Waals surface area contributed by atoms with Gasteiger partial charge in [-0.2, -0.15) is 0 Å². The third-order valence-corrected chi connectivity index (χ3v) is 6.58. The summed E-state index contributed by atoms with van der Waals surface area (Å²) >= 11 is 0. The first-order valence-corrected chi connectivity index (χ1v) is 9.86. The maximum atomic E-state index is 12.2. The van der Waals surface area contributed by atoms with Crippen molar-refractivity contribution in [3.8, 4) is 0 Å². The molecule has 2 fully saturated rings. The molecular formula is C22H28N2O3. The van der Waals surface area contributed by atoms with Crippen molar-refractivity contribution in [2.24, 2.45) is 11.3 Å². The molecule has 27 heavy (non-hydrogen) atoms. The first-order valence-electron chi connectivity index (χ1n) is 9.86. The van der Waals surface area contributed by atoms with Crippen molar-refractivity contribution in [2.75, 3.05) is 18.0 Å². The SMILES string of the molecule is Cc1ccc2c(C)cc(N3CC[C@H](O)[C@@](CC4CC4)(C(=O)O)C3)nc2c1C. The van der Waals surface area contributed by atoms with Crippen molar-refractivity contribution in [3.05, 3.63) is 34.9 Å². The maximum Gasteiger partial charge on any atom is 0.314 e. The number of carbonyl (C=O) groups is 1. The number of pyridine rings is 1. The highest BCUT2D eigenvalue weighted by atomic mass is 16.4. The van der Waals surface area contributed by atoms with Gasteiger partial charge >= 0.3 is 5.97 Å². The van der Waals surface area contributed by atoms with Gasteiger partial charge in [-0.25, -0.2) is 4.98 Å². The van der Waals surface area contributed by atoms with E-state index in [0.717, 1.165) is 40.7 Å². The lowest BCUT2D eigenvalue weighted by Crippen LogP contribution is -2.56. The summed E-state index contributed by atoms with van der Waals surface area (Å²) in [4.78, 5) is 19.2. The average molecular weight is 368 g/mol. The van der Waals surface area contributed by atoms with E-state index in [0.29, 0.717) is 31.8 Å². The summed E-state index contributed by atoms with van der Waals surface area (Å²) in [5.41, 5.74) is 3.41. The number of rotatable bonds is 4. The Bertz CT molecular complexity index is 906. The van der Waals surface area contributed by atoms with Gasteiger partial charge in [0.2, 0.25) is 0 Å². The second kappa shape index (κ2) is 6.48. The van der Waals surface area contributed by atoms with Gasteiger partial charge in [0.15, 0.2) is 0 Å². The monoisotopic (exact) mass is 368 g/mol. The fraction of sp³-hybridized carbons (Fsp3) is 0.545. The number of carboxylic acids is 1. The van der Waals surface area contributed by atoms with Gasteiger partial charge < -0.3 is 15.1 Å². The fourth-order valence-corrected chi connectivity index (χ4v) is 4.45. The molecule has 2 aromatic rings. The van der Waals surface area contributed by atoms with Crippen LogP contribution in [0, 0.1) is 32.1 Å². The van der Waals surface area contributed by atoms with Crippen molar-refractivity contribution in [1.29, 1.82) is 0 Å². The van der Waals surface area contributed by atoms with Crippen LogP contribution in [0.3, 0.4) is 0 Å². The molecule has 144 valence electrons. The summed E-state index contributed by atoms with van der Waals surface area (Å²) in [5, 5.41) is 21.8. The molecule has 1 aliphatic carbocycles. The van der Waals surface area contributed by atoms with Crippen LogP contribution >= 0.6 is 0 Å². The predicted molar refractivity (Wildman–Crippen MR) is 106 cm³/mol. The normalized spacial score (nSPS) is 25.8. The smallest absolute Gasteiger partial charge is 0.314 e. The lowest BCUT2D eigenvalue weighted by molar-refractivity contribution is -0.158. The first-order chi connectivity index (χ1) is 12.8. The molecule has 0 unspecified atom stereocenters. The van der Waals surface area contributed by atoms with Gasteiger partial charge in [-0.3, -0.25) is 4.79 Å². The van der Waals surface area contributed by atoms with Crippen LogP contribution in [0.5, 0.6) is 0 Å². The van der Waals surface area contributed by atoms with Crippen molar-refractivity contribution < 1.29 is 15.0 Å². The molecule has 1 saturated heterocycles. The minimum absolute atomic E-state index is 0.322. The molecule has 0 bridgehead atoms. The third kappa shape index (κ3) is 3.08. The van der Waals surface area contributed by atoms with Crippen LogP contribution in [0.2, 0.25) is 0 Å². The number of aryl methyl sites for hydroxylation is 3. The van der Waals surface area contributed by atoms with Crippen molar-refractivity contribution in [2.45, 2.75) is 52.6 Å². The van der Waals surface area contributed by atoms with E-state index in [-0.39, 0.29) is 0 Å². The number of anilines is 1. The van der Waals surface area contributed by atoms with E-state index in [2.05, 4.69) is 43.9 Å². The quantitative estimate of drug-likeness (QED) is 0.862. The van der Waals surface area contributed by atoms with Gasteiger partial charge in [-0.1, -0.05) is 25.0 Å². The molecule has 5 heteroatoms. The number of fused-ring (bicyclic) bond motifs is 1. The summed E-state index contributed by atoms with van der Waals surface area (Å²) in [6.07, 6.45) is 2.38. The highest BCUT2D eigenvalue weighted by Crippen LogP contribution is 2.45. The van der Waals surface area contributed by atoms with E-state index < -0.39 is 17.5 Å². The topological polar surface area (TPSA) is 73.7 Å². The lowest BCUT2D eigenvalue weighted by Gasteiger charge is -2.44. The van der Waals surface area contributed by atoms with E-state index in [1.165, 1.54) is 5.56 Å². The number of benzene rings is 1. The molecule has 0 spiro atoms. The van der Waals surface area contributed by atoms with Gasteiger partial charge in [0.1, 0.15) is 11.2 Å². The highest BCUT2D eigenvalue weighted by molar-refractivity contribution is 5.87. The van der Waals surface area contributed by atoms with Gasteiger partial charge in [-0.15, -0.1) is 0 Å². The van der Waals surface area contributed by atoms with Crippen molar-refractivity contribution in [3.63, 3.8) is 0 Å². The summed E-state index contributed by atoms with van der Waals surface area (Å²) < 4.78 is 0. The lowest BCUT2D eigenvalue weighted by atomic mass is 9.73. The second-order valence-corrected chi connectivity index (χ2v) is 8.54. The minimum atomic E-state index is -1.09. The number of nitrogens with zero attached hydrogens (tertiary/aromatic N) is 2. The summed E-state index contributed by atoms with van der Waals surface area (Å²) in [5.74, 6) is 0.380. The average Bonchev–Trinajstić information content (AvgIpc) is 3.44. The van der Waals surface area contributed by atoms with Crippen LogP contribution in [0.1, 0.15) is 42.4 Å². The van der Waals surface area contributed by atoms with Gasteiger partial charge in [0.05, 0.1) is 11.6 Å². The van der Waals surface area contributed by atoms with E-state index >= 15 is 0 Å². The van der Waals surface area contributed by atoms with Crippen LogP contribution in [0.25, 0.3) is 10.9 Å². The Balaban J connectivity index is 1.74. The highest BCUT2D eigenvalue weighted by Gasteiger charge is 2.52. The van der Waals surface area contributed by atoms with E-state index in [1.54, 1.807) is 0 Å². The van der Waals surface area contributed by atoms with E-state index in [4.69, 9.17) is 4.98 Å². The Morgan fingerprint density at radius 1 is 1.22 bits per heavy atom. The molecule has 4 rings (SSSR count). The third-order valence-electron chi connectivity index (χ3n) is 6.58. The van der Waals surface area contributed by atoms with Crippen LogP contribution in [0.4, 0.5) is 5.82 Å². The minimum Gasteiger partial charge on any atom is -0.481 e. The number of hydrogen-bond acceptors (Lipinski definition) is 4. The van der Waals surface area contributed by atoms with E-state index in [9.17, 15) is 15.0 Å². The van der Waals surface area contributed by atoms with Gasteiger partial charge in [-0.05, 0) is 62.3 Å². The van der Waals surface area contributed by atoms with Gasteiger partial charge in [0, 0.05) is 18.5 Å². The molecule has 2 heterocycles. The predicted octanol–water partition coefficient (Wildman–Crippen LogP) is 3.60. The second-order valence-electron chi connectivity index (χ2n) is 8.54. The van der Waals surface area contributed by atoms with Crippen LogP contribution < -0.4 is 4.90 Å². The van der Waals surface area contributed by atoms with E-state index in [1.807, 2.05) is 0 Å². The number of piperidine rings is 1.